The van der Waals surface area contributed by atoms with E-state index in [1.165, 1.54) is 0 Å². The molecule has 3 heterocycles. The fraction of sp³-hybridized carbons (Fsp3) is 0.462. The van der Waals surface area contributed by atoms with E-state index in [1.54, 1.807) is 12.4 Å². The van der Waals surface area contributed by atoms with E-state index in [2.05, 4.69) is 26.8 Å². The Hall–Kier alpha value is -1.75. The van der Waals surface area contributed by atoms with Crippen molar-refractivity contribution in [3.05, 3.63) is 24.5 Å². The van der Waals surface area contributed by atoms with Gasteiger partial charge in [0.05, 0.1) is 6.10 Å². The molecule has 1 aliphatic heterocycles. The van der Waals surface area contributed by atoms with Crippen LogP contribution in [0.1, 0.15) is 13.3 Å². The summed E-state index contributed by atoms with van der Waals surface area (Å²) in [5, 5.41) is 9.74. The fourth-order valence-corrected chi connectivity index (χ4v) is 2.36. The molecule has 0 aromatic carbocycles. The van der Waals surface area contributed by atoms with Crippen molar-refractivity contribution < 1.29 is 5.11 Å². The first-order valence-corrected chi connectivity index (χ1v) is 6.25. The molecule has 0 spiro atoms. The minimum atomic E-state index is -0.193. The van der Waals surface area contributed by atoms with Gasteiger partial charge in [-0.15, -0.1) is 0 Å². The molecular formula is C13H16N4O. The molecule has 3 rings (SSSR count). The van der Waals surface area contributed by atoms with Crippen LogP contribution in [0.2, 0.25) is 0 Å². The van der Waals surface area contributed by atoms with Crippen LogP contribution >= 0.6 is 0 Å². The zero-order valence-corrected chi connectivity index (χ0v) is 10.3. The number of hydrogen-bond acceptors (Lipinski definition) is 5. The van der Waals surface area contributed by atoms with Crippen molar-refractivity contribution in [3.8, 4) is 0 Å². The molecule has 0 radical (unpaired) electrons. The summed E-state index contributed by atoms with van der Waals surface area (Å²) in [6.07, 6.45) is 3.92. The molecule has 0 amide bonds. The fourth-order valence-electron chi connectivity index (χ4n) is 2.36. The number of piperidine rings is 1. The summed E-state index contributed by atoms with van der Waals surface area (Å²) in [4.78, 5) is 15.2. The molecule has 2 unspecified atom stereocenters. The highest BCUT2D eigenvalue weighted by atomic mass is 16.3. The molecule has 2 atom stereocenters. The minimum absolute atomic E-state index is 0.193. The van der Waals surface area contributed by atoms with E-state index in [0.29, 0.717) is 5.65 Å². The summed E-state index contributed by atoms with van der Waals surface area (Å²) < 4.78 is 0. The predicted molar refractivity (Wildman–Crippen MR) is 69.3 cm³/mol. The lowest BCUT2D eigenvalue weighted by Gasteiger charge is -2.35. The highest BCUT2D eigenvalue weighted by molar-refractivity contribution is 5.71. The molecular weight excluding hydrogens is 228 g/mol. The Bertz CT molecular complexity index is 559. The molecule has 1 N–H and O–H groups in total. The number of fused-ring (bicyclic) bond motifs is 1. The van der Waals surface area contributed by atoms with Crippen LogP contribution in [0.25, 0.3) is 11.2 Å². The molecule has 5 nitrogen and oxygen atoms in total. The SMILES string of the molecule is CC1CN(c2ccc3nccnc3n2)CCC1O. The van der Waals surface area contributed by atoms with Gasteiger partial charge < -0.3 is 10.0 Å². The molecule has 0 saturated carbocycles. The second kappa shape index (κ2) is 4.49. The summed E-state index contributed by atoms with van der Waals surface area (Å²) >= 11 is 0. The normalized spacial score (nSPS) is 24.4. The van der Waals surface area contributed by atoms with Crippen LogP contribution in [0.3, 0.4) is 0 Å². The zero-order chi connectivity index (χ0) is 12.5. The number of aromatic nitrogens is 3. The zero-order valence-electron chi connectivity index (χ0n) is 10.3. The standard InChI is InChI=1S/C13H16N4O/c1-9-8-17(7-4-11(9)18)12-3-2-10-13(16-12)15-6-5-14-10/h2-3,5-6,9,11,18H,4,7-8H2,1H3. The van der Waals surface area contributed by atoms with E-state index in [-0.39, 0.29) is 12.0 Å². The third kappa shape index (κ3) is 2.01. The van der Waals surface area contributed by atoms with Gasteiger partial charge in [-0.05, 0) is 24.5 Å². The van der Waals surface area contributed by atoms with Crippen molar-refractivity contribution in [1.29, 1.82) is 0 Å². The molecule has 2 aromatic heterocycles. The van der Waals surface area contributed by atoms with Gasteiger partial charge in [-0.3, -0.25) is 4.98 Å². The van der Waals surface area contributed by atoms with Gasteiger partial charge in [-0.2, -0.15) is 0 Å². The number of aliphatic hydroxyl groups is 1. The van der Waals surface area contributed by atoms with Gasteiger partial charge in [-0.25, -0.2) is 9.97 Å². The Morgan fingerprint density at radius 1 is 1.28 bits per heavy atom. The Morgan fingerprint density at radius 2 is 2.11 bits per heavy atom. The van der Waals surface area contributed by atoms with Gasteiger partial charge in [0.1, 0.15) is 11.3 Å². The molecule has 0 aliphatic carbocycles. The first-order valence-electron chi connectivity index (χ1n) is 6.25. The summed E-state index contributed by atoms with van der Waals surface area (Å²) in [7, 11) is 0. The molecule has 18 heavy (non-hydrogen) atoms. The van der Waals surface area contributed by atoms with Crippen molar-refractivity contribution in [1.82, 2.24) is 15.0 Å². The van der Waals surface area contributed by atoms with Gasteiger partial charge in [0.25, 0.3) is 0 Å². The number of hydrogen-bond donors (Lipinski definition) is 1. The second-order valence-electron chi connectivity index (χ2n) is 4.85. The topological polar surface area (TPSA) is 62.1 Å². The van der Waals surface area contributed by atoms with Gasteiger partial charge in [-0.1, -0.05) is 6.92 Å². The third-order valence-corrected chi connectivity index (χ3v) is 3.50. The van der Waals surface area contributed by atoms with Gasteiger partial charge in [0.2, 0.25) is 0 Å². The van der Waals surface area contributed by atoms with Crippen molar-refractivity contribution >= 4 is 17.0 Å². The van der Waals surface area contributed by atoms with E-state index in [4.69, 9.17) is 0 Å². The van der Waals surface area contributed by atoms with Crippen molar-refractivity contribution in [3.63, 3.8) is 0 Å². The van der Waals surface area contributed by atoms with E-state index >= 15 is 0 Å². The van der Waals surface area contributed by atoms with E-state index in [9.17, 15) is 5.11 Å². The molecule has 1 saturated heterocycles. The minimum Gasteiger partial charge on any atom is -0.393 e. The van der Waals surface area contributed by atoms with E-state index in [0.717, 1.165) is 30.8 Å². The summed E-state index contributed by atoms with van der Waals surface area (Å²) in [5.74, 6) is 1.19. The maximum Gasteiger partial charge on any atom is 0.180 e. The monoisotopic (exact) mass is 244 g/mol. The number of nitrogens with zero attached hydrogens (tertiary/aromatic N) is 4. The lowest BCUT2D eigenvalue weighted by atomic mass is 9.97. The van der Waals surface area contributed by atoms with Gasteiger partial charge in [0.15, 0.2) is 5.65 Å². The van der Waals surface area contributed by atoms with Crippen molar-refractivity contribution in [2.75, 3.05) is 18.0 Å². The maximum atomic E-state index is 9.74. The molecule has 5 heteroatoms. The van der Waals surface area contributed by atoms with Crippen LogP contribution in [0.5, 0.6) is 0 Å². The predicted octanol–water partition coefficient (Wildman–Crippen LogP) is 1.23. The summed E-state index contributed by atoms with van der Waals surface area (Å²) in [6.45, 7) is 3.74. The lowest BCUT2D eigenvalue weighted by molar-refractivity contribution is 0.0969. The maximum absolute atomic E-state index is 9.74. The number of rotatable bonds is 1. The van der Waals surface area contributed by atoms with Crippen LogP contribution in [0.4, 0.5) is 5.82 Å². The first-order chi connectivity index (χ1) is 8.74. The van der Waals surface area contributed by atoms with E-state index < -0.39 is 0 Å². The number of aliphatic hydroxyl groups excluding tert-OH is 1. The number of pyridine rings is 1. The first kappa shape index (κ1) is 11.3. The molecule has 94 valence electrons. The summed E-state index contributed by atoms with van der Waals surface area (Å²) in [6, 6.07) is 3.92. The van der Waals surface area contributed by atoms with Gasteiger partial charge in [0, 0.05) is 25.5 Å². The average Bonchev–Trinajstić information content (AvgIpc) is 2.41. The van der Waals surface area contributed by atoms with E-state index in [1.807, 2.05) is 12.1 Å². The molecule has 1 fully saturated rings. The molecule has 0 bridgehead atoms. The van der Waals surface area contributed by atoms with Crippen molar-refractivity contribution in [2.24, 2.45) is 5.92 Å². The largest absolute Gasteiger partial charge is 0.393 e. The Morgan fingerprint density at radius 3 is 2.94 bits per heavy atom. The highest BCUT2D eigenvalue weighted by Gasteiger charge is 2.24. The van der Waals surface area contributed by atoms with Crippen LogP contribution in [0, 0.1) is 5.92 Å². The second-order valence-corrected chi connectivity index (χ2v) is 4.85. The van der Waals surface area contributed by atoms with Crippen LogP contribution in [-0.4, -0.2) is 39.3 Å². The summed E-state index contributed by atoms with van der Waals surface area (Å²) in [5.41, 5.74) is 1.49. The van der Waals surface area contributed by atoms with Gasteiger partial charge >= 0.3 is 0 Å². The Labute approximate surface area is 106 Å². The highest BCUT2D eigenvalue weighted by Crippen LogP contribution is 2.22. The Balaban J connectivity index is 1.90. The quantitative estimate of drug-likeness (QED) is 0.817. The molecule has 1 aliphatic rings. The van der Waals surface area contributed by atoms with Crippen LogP contribution in [0.15, 0.2) is 24.5 Å². The lowest BCUT2D eigenvalue weighted by Crippen LogP contribution is -2.42. The molecule has 2 aromatic rings. The smallest absolute Gasteiger partial charge is 0.180 e. The van der Waals surface area contributed by atoms with Crippen molar-refractivity contribution in [2.45, 2.75) is 19.4 Å². The average molecular weight is 244 g/mol. The third-order valence-electron chi connectivity index (χ3n) is 3.50. The Kier molecular flexibility index (Phi) is 2.83. The van der Waals surface area contributed by atoms with Crippen LogP contribution in [-0.2, 0) is 0 Å². The van der Waals surface area contributed by atoms with Crippen LogP contribution < -0.4 is 4.90 Å². The number of anilines is 1.